The summed E-state index contributed by atoms with van der Waals surface area (Å²) in [5, 5.41) is 2.21. The molecular weight excluding hydrogens is 458 g/mol. The van der Waals surface area contributed by atoms with Crippen LogP contribution in [-0.4, -0.2) is 24.6 Å². The number of hydrogen-bond acceptors (Lipinski definition) is 3. The first-order valence-electron chi connectivity index (χ1n) is 12.2. The number of ketones is 1. The lowest BCUT2D eigenvalue weighted by molar-refractivity contribution is 0.104. The van der Waals surface area contributed by atoms with Crippen LogP contribution in [0.2, 0.25) is 0 Å². The van der Waals surface area contributed by atoms with Gasteiger partial charge in [-0.05, 0) is 76.9 Å². The Hall–Kier alpha value is -4.83. The Bertz CT molecular complexity index is 1800. The van der Waals surface area contributed by atoms with E-state index in [1.165, 1.54) is 0 Å². The molecule has 0 aliphatic heterocycles. The van der Waals surface area contributed by atoms with Crippen molar-refractivity contribution in [3.63, 3.8) is 0 Å². The van der Waals surface area contributed by atoms with Crippen molar-refractivity contribution >= 4 is 27.6 Å². The minimum Gasteiger partial charge on any atom is -0.497 e. The average molecular weight is 482 g/mol. The van der Waals surface area contributed by atoms with Crippen LogP contribution in [0.15, 0.2) is 103 Å². The van der Waals surface area contributed by atoms with E-state index in [9.17, 15) is 4.79 Å². The minimum atomic E-state index is 0.0974. The van der Waals surface area contributed by atoms with Crippen molar-refractivity contribution in [1.82, 2.24) is 4.57 Å². The fraction of sp³-hybridized carbons (Fsp3) is 0.0606. The minimum absolute atomic E-state index is 0.0974. The number of ether oxygens (including phenoxy) is 2. The fourth-order valence-electron chi connectivity index (χ4n) is 5.52. The van der Waals surface area contributed by atoms with Gasteiger partial charge in [0.15, 0.2) is 5.78 Å². The van der Waals surface area contributed by atoms with Crippen LogP contribution >= 0.6 is 0 Å². The van der Waals surface area contributed by atoms with Crippen LogP contribution in [0.4, 0.5) is 0 Å². The first-order valence-corrected chi connectivity index (χ1v) is 12.2. The molecule has 5 aromatic carbocycles. The lowest BCUT2D eigenvalue weighted by Gasteiger charge is -2.10. The van der Waals surface area contributed by atoms with E-state index in [-0.39, 0.29) is 5.78 Å². The number of benzene rings is 5. The average Bonchev–Trinajstić information content (AvgIpc) is 3.44. The number of fused-ring (bicyclic) bond motifs is 6. The molecule has 1 aliphatic rings. The van der Waals surface area contributed by atoms with E-state index in [0.29, 0.717) is 0 Å². The van der Waals surface area contributed by atoms with Gasteiger partial charge < -0.3 is 14.0 Å². The normalized spacial score (nSPS) is 12.1. The zero-order valence-electron chi connectivity index (χ0n) is 20.5. The highest BCUT2D eigenvalue weighted by Crippen LogP contribution is 2.39. The monoisotopic (exact) mass is 481 g/mol. The van der Waals surface area contributed by atoms with Gasteiger partial charge in [0.2, 0.25) is 0 Å². The van der Waals surface area contributed by atoms with Crippen LogP contribution in [0.5, 0.6) is 11.5 Å². The Morgan fingerprint density at radius 1 is 0.541 bits per heavy atom. The fourth-order valence-corrected chi connectivity index (χ4v) is 5.52. The zero-order valence-corrected chi connectivity index (χ0v) is 20.5. The summed E-state index contributed by atoms with van der Waals surface area (Å²) in [4.78, 5) is 13.0. The van der Waals surface area contributed by atoms with E-state index in [2.05, 4.69) is 65.2 Å². The van der Waals surface area contributed by atoms with Gasteiger partial charge in [0.1, 0.15) is 11.5 Å². The molecule has 4 nitrogen and oxygen atoms in total. The lowest BCUT2D eigenvalue weighted by Crippen LogP contribution is -1.96. The summed E-state index contributed by atoms with van der Waals surface area (Å²) in [6, 6.07) is 34.8. The molecule has 1 aromatic heterocycles. The number of aromatic nitrogens is 1. The van der Waals surface area contributed by atoms with Gasteiger partial charge >= 0.3 is 0 Å². The molecule has 0 fully saturated rings. The third kappa shape index (κ3) is 3.19. The summed E-state index contributed by atoms with van der Waals surface area (Å²) in [7, 11) is 3.37. The van der Waals surface area contributed by atoms with E-state index in [1.807, 2.05) is 42.5 Å². The first-order chi connectivity index (χ1) is 18.2. The second kappa shape index (κ2) is 8.10. The number of rotatable bonds is 4. The number of carbonyl (C=O) groups excluding carboxylic acids is 1. The maximum Gasteiger partial charge on any atom is 0.194 e. The van der Waals surface area contributed by atoms with E-state index < -0.39 is 0 Å². The molecule has 178 valence electrons. The molecule has 0 radical (unpaired) electrons. The third-order valence-corrected chi connectivity index (χ3v) is 7.36. The quantitative estimate of drug-likeness (QED) is 0.259. The molecule has 6 aromatic rings. The zero-order chi connectivity index (χ0) is 25.1. The highest BCUT2D eigenvalue weighted by Gasteiger charge is 2.26. The number of methoxy groups -OCH3 is 2. The maximum atomic E-state index is 13.0. The smallest absolute Gasteiger partial charge is 0.194 e. The molecule has 0 spiro atoms. The van der Waals surface area contributed by atoms with Crippen LogP contribution in [-0.2, 0) is 0 Å². The van der Waals surface area contributed by atoms with Crippen LogP contribution in [0.25, 0.3) is 49.7 Å². The number of nitrogens with zero attached hydrogens (tertiary/aromatic N) is 1. The maximum absolute atomic E-state index is 13.0. The van der Waals surface area contributed by atoms with Gasteiger partial charge in [-0.25, -0.2) is 0 Å². The largest absolute Gasteiger partial charge is 0.497 e. The molecule has 0 N–H and O–H groups in total. The van der Waals surface area contributed by atoms with Gasteiger partial charge in [-0.1, -0.05) is 48.5 Å². The summed E-state index contributed by atoms with van der Waals surface area (Å²) in [5.41, 5.74) is 8.93. The van der Waals surface area contributed by atoms with Crippen LogP contribution in [0, 0.1) is 0 Å². The Morgan fingerprint density at radius 2 is 1.11 bits per heavy atom. The van der Waals surface area contributed by atoms with E-state index in [1.54, 1.807) is 14.2 Å². The lowest BCUT2D eigenvalue weighted by atomic mass is 9.99. The van der Waals surface area contributed by atoms with Gasteiger partial charge in [0.05, 0.1) is 25.3 Å². The van der Waals surface area contributed by atoms with Crippen molar-refractivity contribution < 1.29 is 14.3 Å². The van der Waals surface area contributed by atoms with Crippen molar-refractivity contribution in [3.8, 4) is 39.4 Å². The molecule has 0 unspecified atom stereocenters. The summed E-state index contributed by atoms with van der Waals surface area (Å²) in [6.45, 7) is 0. The molecule has 1 aliphatic carbocycles. The Kier molecular flexibility index (Phi) is 4.70. The topological polar surface area (TPSA) is 40.5 Å². The van der Waals surface area contributed by atoms with Gasteiger partial charge in [-0.2, -0.15) is 0 Å². The number of hydrogen-bond donors (Lipinski definition) is 0. The molecule has 0 bridgehead atoms. The van der Waals surface area contributed by atoms with Gasteiger partial charge in [0.25, 0.3) is 0 Å². The summed E-state index contributed by atoms with van der Waals surface area (Å²) in [5.74, 6) is 1.73. The summed E-state index contributed by atoms with van der Waals surface area (Å²) >= 11 is 0. The molecular formula is C33H23NO3. The van der Waals surface area contributed by atoms with Crippen LogP contribution in [0.3, 0.4) is 0 Å². The van der Waals surface area contributed by atoms with E-state index in [4.69, 9.17) is 9.47 Å². The van der Waals surface area contributed by atoms with E-state index in [0.717, 1.165) is 72.4 Å². The molecule has 37 heavy (non-hydrogen) atoms. The SMILES string of the molecule is COc1ccc2c(c1)c1cc(OC)ccc1n2-c1ccc(-c2ccc3c(c2)C(=O)c2ccccc2-3)cc1. The van der Waals surface area contributed by atoms with Gasteiger partial charge in [0, 0.05) is 27.6 Å². The summed E-state index contributed by atoms with van der Waals surface area (Å²) < 4.78 is 13.3. The van der Waals surface area contributed by atoms with Crippen molar-refractivity contribution in [3.05, 3.63) is 114 Å². The molecule has 0 saturated carbocycles. The van der Waals surface area contributed by atoms with Crippen molar-refractivity contribution in [1.29, 1.82) is 0 Å². The first kappa shape index (κ1) is 21.5. The molecule has 0 atom stereocenters. The molecule has 7 rings (SSSR count). The van der Waals surface area contributed by atoms with Crippen molar-refractivity contribution in [2.75, 3.05) is 14.2 Å². The van der Waals surface area contributed by atoms with Crippen LogP contribution < -0.4 is 9.47 Å². The molecule has 4 heteroatoms. The highest BCUT2D eigenvalue weighted by atomic mass is 16.5. The number of carbonyl (C=O) groups is 1. The van der Waals surface area contributed by atoms with Crippen molar-refractivity contribution in [2.24, 2.45) is 0 Å². The third-order valence-electron chi connectivity index (χ3n) is 7.36. The second-order valence-corrected chi connectivity index (χ2v) is 9.28. The highest BCUT2D eigenvalue weighted by molar-refractivity contribution is 6.22. The Morgan fingerprint density at radius 3 is 1.73 bits per heavy atom. The summed E-state index contributed by atoms with van der Waals surface area (Å²) in [6.07, 6.45) is 0. The Labute approximate surface area is 214 Å². The Balaban J connectivity index is 1.33. The van der Waals surface area contributed by atoms with E-state index >= 15 is 0 Å². The molecule has 0 amide bonds. The standard InChI is InChI=1S/C33H23NO3/c1-36-23-12-15-31-28(18-23)29-19-24(37-2)13-16-32(29)34(31)22-10-7-20(8-11-22)21-9-14-26-25-5-3-4-6-27(25)33(35)30(26)17-21/h3-19H,1-2H3. The van der Waals surface area contributed by atoms with Crippen molar-refractivity contribution in [2.45, 2.75) is 0 Å². The van der Waals surface area contributed by atoms with Gasteiger partial charge in [-0.3, -0.25) is 4.79 Å². The second-order valence-electron chi connectivity index (χ2n) is 9.28. The predicted octanol–water partition coefficient (Wildman–Crippen LogP) is 7.68. The predicted molar refractivity (Wildman–Crippen MR) is 148 cm³/mol. The van der Waals surface area contributed by atoms with Gasteiger partial charge in [-0.15, -0.1) is 0 Å². The molecule has 1 heterocycles. The van der Waals surface area contributed by atoms with Crippen LogP contribution in [0.1, 0.15) is 15.9 Å². The molecule has 0 saturated heterocycles.